The molecule has 0 aliphatic carbocycles. The lowest BCUT2D eigenvalue weighted by Gasteiger charge is -2.14. The summed E-state index contributed by atoms with van der Waals surface area (Å²) in [7, 11) is 0. The number of benzene rings is 1. The van der Waals surface area contributed by atoms with Crippen LogP contribution in [0.5, 0.6) is 0 Å². The number of alkyl halides is 1. The van der Waals surface area contributed by atoms with Crippen molar-refractivity contribution < 1.29 is 22.8 Å². The summed E-state index contributed by atoms with van der Waals surface area (Å²) in [6.07, 6.45) is 0. The molecule has 1 aliphatic rings. The Morgan fingerprint density at radius 1 is 1.19 bits per heavy atom. The van der Waals surface area contributed by atoms with Crippen LogP contribution in [0.4, 0.5) is 18.9 Å². The normalized spacial score (nSPS) is 14.6. The number of anilines is 1. The highest BCUT2D eigenvalue weighted by atomic mass is 19.1. The van der Waals surface area contributed by atoms with Crippen LogP contribution >= 0.6 is 0 Å². The quantitative estimate of drug-likeness (QED) is 0.720. The summed E-state index contributed by atoms with van der Waals surface area (Å²) >= 11 is 0. The minimum Gasteiger partial charge on any atom is -0.299 e. The summed E-state index contributed by atoms with van der Waals surface area (Å²) in [5.74, 6) is -4.03. The molecule has 1 amide bonds. The van der Waals surface area contributed by atoms with Gasteiger partial charge >= 0.3 is 0 Å². The first kappa shape index (κ1) is 10.7. The molecule has 84 valence electrons. The molecule has 0 N–H and O–H groups in total. The lowest BCUT2D eigenvalue weighted by atomic mass is 10.1. The molecule has 0 radical (unpaired) electrons. The van der Waals surface area contributed by atoms with Crippen molar-refractivity contribution in [2.45, 2.75) is 0 Å². The number of halogens is 3. The maximum Gasteiger partial charge on any atom is 0.299 e. The number of hydrogen-bond acceptors (Lipinski definition) is 2. The zero-order valence-corrected chi connectivity index (χ0v) is 7.97. The molecule has 0 bridgehead atoms. The Bertz CT molecular complexity index is 487. The van der Waals surface area contributed by atoms with E-state index in [0.29, 0.717) is 11.0 Å². The monoisotopic (exact) mass is 229 g/mol. The van der Waals surface area contributed by atoms with Crippen LogP contribution in [0.1, 0.15) is 10.4 Å². The van der Waals surface area contributed by atoms with Crippen LogP contribution in [0.25, 0.3) is 0 Å². The highest BCUT2D eigenvalue weighted by Crippen LogP contribution is 2.32. The molecule has 0 aromatic heterocycles. The summed E-state index contributed by atoms with van der Waals surface area (Å²) in [4.78, 5) is 23.4. The topological polar surface area (TPSA) is 37.4 Å². The Labute approximate surface area is 88.5 Å². The van der Waals surface area contributed by atoms with Gasteiger partial charge in [-0.15, -0.1) is 0 Å². The largest absolute Gasteiger partial charge is 0.299 e. The third-order valence-corrected chi connectivity index (χ3v) is 2.29. The predicted octanol–water partition coefficient (Wildman–Crippen LogP) is 1.46. The maximum atomic E-state index is 13.4. The first-order chi connectivity index (χ1) is 7.56. The van der Waals surface area contributed by atoms with Crippen LogP contribution in [0, 0.1) is 11.6 Å². The Hall–Kier alpha value is -1.85. The first-order valence-corrected chi connectivity index (χ1v) is 4.47. The third-order valence-electron chi connectivity index (χ3n) is 2.29. The maximum absolute atomic E-state index is 13.4. The molecule has 1 aromatic rings. The average molecular weight is 229 g/mol. The van der Waals surface area contributed by atoms with E-state index in [9.17, 15) is 22.8 Å². The van der Waals surface area contributed by atoms with Gasteiger partial charge in [-0.3, -0.25) is 14.5 Å². The van der Waals surface area contributed by atoms with E-state index in [-0.39, 0.29) is 11.3 Å². The van der Waals surface area contributed by atoms with E-state index < -0.39 is 36.5 Å². The van der Waals surface area contributed by atoms with Crippen molar-refractivity contribution in [2.75, 3.05) is 18.1 Å². The summed E-state index contributed by atoms with van der Waals surface area (Å²) in [5, 5.41) is 0. The molecule has 0 saturated heterocycles. The minimum absolute atomic E-state index is 0.339. The fourth-order valence-electron chi connectivity index (χ4n) is 1.65. The van der Waals surface area contributed by atoms with Gasteiger partial charge in [0.1, 0.15) is 12.5 Å². The highest BCUT2D eigenvalue weighted by molar-refractivity contribution is 6.52. The Morgan fingerprint density at radius 2 is 1.88 bits per heavy atom. The van der Waals surface area contributed by atoms with E-state index in [1.165, 1.54) is 0 Å². The standard InChI is InChI=1S/C10H6F3NO2/c11-1-2-14-8-6(9(15)10(14)16)3-5(12)4-7(8)13/h3-4H,1-2H2. The molecule has 2 rings (SSSR count). The fourth-order valence-corrected chi connectivity index (χ4v) is 1.65. The second-order valence-electron chi connectivity index (χ2n) is 3.26. The second-order valence-corrected chi connectivity index (χ2v) is 3.26. The molecule has 0 saturated carbocycles. The molecule has 0 fully saturated rings. The number of hydrogen-bond donors (Lipinski definition) is 0. The molecule has 1 heterocycles. The zero-order chi connectivity index (χ0) is 11.9. The van der Waals surface area contributed by atoms with Crippen molar-refractivity contribution in [1.82, 2.24) is 0 Å². The van der Waals surface area contributed by atoms with E-state index in [4.69, 9.17) is 0 Å². The summed E-state index contributed by atoms with van der Waals surface area (Å²) < 4.78 is 38.4. The number of carbonyl (C=O) groups is 2. The Balaban J connectivity index is 2.60. The number of rotatable bonds is 2. The van der Waals surface area contributed by atoms with E-state index in [2.05, 4.69) is 0 Å². The van der Waals surface area contributed by atoms with Gasteiger partial charge in [-0.2, -0.15) is 0 Å². The van der Waals surface area contributed by atoms with E-state index in [1.54, 1.807) is 0 Å². The number of carbonyl (C=O) groups excluding carboxylic acids is 2. The molecular weight excluding hydrogens is 223 g/mol. The molecule has 16 heavy (non-hydrogen) atoms. The number of nitrogens with zero attached hydrogens (tertiary/aromatic N) is 1. The van der Waals surface area contributed by atoms with Crippen molar-refractivity contribution in [2.24, 2.45) is 0 Å². The molecule has 1 aromatic carbocycles. The lowest BCUT2D eigenvalue weighted by Crippen LogP contribution is -2.31. The van der Waals surface area contributed by atoms with Crippen LogP contribution in [-0.2, 0) is 4.79 Å². The first-order valence-electron chi connectivity index (χ1n) is 4.47. The number of ketones is 1. The molecular formula is C10H6F3NO2. The summed E-state index contributed by atoms with van der Waals surface area (Å²) in [5.41, 5.74) is -0.690. The van der Waals surface area contributed by atoms with Crippen molar-refractivity contribution in [3.8, 4) is 0 Å². The minimum atomic E-state index is -1.04. The average Bonchev–Trinajstić information content (AvgIpc) is 2.44. The van der Waals surface area contributed by atoms with Gasteiger partial charge in [0.25, 0.3) is 11.7 Å². The lowest BCUT2D eigenvalue weighted by molar-refractivity contribution is -0.114. The van der Waals surface area contributed by atoms with Gasteiger partial charge in [-0.05, 0) is 6.07 Å². The zero-order valence-electron chi connectivity index (χ0n) is 7.97. The van der Waals surface area contributed by atoms with Gasteiger partial charge < -0.3 is 0 Å². The molecule has 0 spiro atoms. The van der Waals surface area contributed by atoms with Crippen LogP contribution in [-0.4, -0.2) is 24.9 Å². The number of amides is 1. The fraction of sp³-hybridized carbons (Fsp3) is 0.200. The number of fused-ring (bicyclic) bond motifs is 1. The molecule has 0 unspecified atom stereocenters. The Morgan fingerprint density at radius 3 is 2.50 bits per heavy atom. The Kier molecular flexibility index (Phi) is 2.41. The van der Waals surface area contributed by atoms with E-state index >= 15 is 0 Å². The van der Waals surface area contributed by atoms with Crippen LogP contribution in [0.2, 0.25) is 0 Å². The van der Waals surface area contributed by atoms with Gasteiger partial charge in [0.15, 0.2) is 5.82 Å². The van der Waals surface area contributed by atoms with E-state index in [1.807, 2.05) is 0 Å². The van der Waals surface area contributed by atoms with Gasteiger partial charge in [-0.25, -0.2) is 13.2 Å². The van der Waals surface area contributed by atoms with Crippen LogP contribution in [0.3, 0.4) is 0 Å². The van der Waals surface area contributed by atoms with E-state index in [0.717, 1.165) is 6.07 Å². The van der Waals surface area contributed by atoms with Crippen LogP contribution in [0.15, 0.2) is 12.1 Å². The second kappa shape index (κ2) is 3.62. The van der Waals surface area contributed by atoms with Gasteiger partial charge in [-0.1, -0.05) is 0 Å². The third kappa shape index (κ3) is 1.37. The van der Waals surface area contributed by atoms with Crippen molar-refractivity contribution >= 4 is 17.4 Å². The number of Topliss-reactive ketones (excluding diaryl/α,β-unsaturated/α-hetero) is 1. The predicted molar refractivity (Wildman–Crippen MR) is 49.0 cm³/mol. The molecule has 1 aliphatic heterocycles. The van der Waals surface area contributed by atoms with Gasteiger partial charge in [0.05, 0.1) is 17.8 Å². The smallest absolute Gasteiger partial charge is 0.299 e. The molecule has 6 heteroatoms. The molecule has 3 nitrogen and oxygen atoms in total. The van der Waals surface area contributed by atoms with Crippen LogP contribution < -0.4 is 4.90 Å². The summed E-state index contributed by atoms with van der Waals surface area (Å²) in [6.45, 7) is -1.32. The highest BCUT2D eigenvalue weighted by Gasteiger charge is 2.38. The van der Waals surface area contributed by atoms with Gasteiger partial charge in [0, 0.05) is 6.07 Å². The van der Waals surface area contributed by atoms with Crippen molar-refractivity contribution in [1.29, 1.82) is 0 Å². The molecule has 0 atom stereocenters. The summed E-state index contributed by atoms with van der Waals surface area (Å²) in [6, 6.07) is 1.33. The van der Waals surface area contributed by atoms with Gasteiger partial charge in [0.2, 0.25) is 0 Å². The van der Waals surface area contributed by atoms with Crippen molar-refractivity contribution in [3.63, 3.8) is 0 Å². The van der Waals surface area contributed by atoms with Crippen molar-refractivity contribution in [3.05, 3.63) is 29.3 Å². The SMILES string of the molecule is O=C1C(=O)N(CCF)c2c(F)cc(F)cc21.